The zero-order valence-corrected chi connectivity index (χ0v) is 21.9. The number of halogens is 3. The lowest BCUT2D eigenvalue weighted by atomic mass is 9.98. The third-order valence-electron chi connectivity index (χ3n) is 6.12. The average molecular weight is 539 g/mol. The lowest BCUT2D eigenvalue weighted by molar-refractivity contribution is 0.0945. The molecule has 0 bridgehead atoms. The Morgan fingerprint density at radius 3 is 2.54 bits per heavy atom. The number of pyridine rings is 1. The molecule has 3 aromatic carbocycles. The number of para-hydroxylation sites is 3. The number of anilines is 2. The summed E-state index contributed by atoms with van der Waals surface area (Å²) in [5, 5.41) is 2.03. The predicted octanol–water partition coefficient (Wildman–Crippen LogP) is 5.80. The summed E-state index contributed by atoms with van der Waals surface area (Å²) in [4.78, 5) is 17.7. The molecule has 0 radical (unpaired) electrons. The van der Waals surface area contributed by atoms with Gasteiger partial charge in [0.15, 0.2) is 11.6 Å². The quantitative estimate of drug-likeness (QED) is 0.313. The molecule has 5 rings (SSSR count). The van der Waals surface area contributed by atoms with E-state index in [4.69, 9.17) is 15.2 Å². The molecule has 0 unspecified atom stereocenters. The van der Waals surface area contributed by atoms with Crippen LogP contribution >= 0.6 is 0 Å². The zero-order valence-electron chi connectivity index (χ0n) is 21.9. The Labute approximate surface area is 224 Å². The predicted molar refractivity (Wildman–Crippen MR) is 145 cm³/mol. The lowest BCUT2D eigenvalue weighted by Gasteiger charge is -2.31. The highest BCUT2D eigenvalue weighted by molar-refractivity contribution is 6.10. The van der Waals surface area contributed by atoms with Crippen LogP contribution in [0.15, 0.2) is 54.6 Å². The first-order valence-electron chi connectivity index (χ1n) is 12.5. The molecule has 0 saturated heterocycles. The molecule has 0 atom stereocenters. The second kappa shape index (κ2) is 12.0. The molecule has 0 fully saturated rings. The van der Waals surface area contributed by atoms with Crippen LogP contribution in [-0.4, -0.2) is 37.3 Å². The van der Waals surface area contributed by atoms with Crippen molar-refractivity contribution in [1.82, 2.24) is 10.4 Å². The van der Waals surface area contributed by atoms with Crippen molar-refractivity contribution in [1.29, 1.82) is 0 Å². The summed E-state index contributed by atoms with van der Waals surface area (Å²) < 4.78 is 52.6. The molecule has 1 aliphatic heterocycles. The van der Waals surface area contributed by atoms with E-state index in [1.807, 2.05) is 32.0 Å². The monoisotopic (exact) mass is 538 g/mol. The van der Waals surface area contributed by atoms with Gasteiger partial charge in [0.05, 0.1) is 34.7 Å². The molecule has 204 valence electrons. The number of nitrogens with zero attached hydrogens (tertiary/aromatic N) is 2. The molecule has 0 spiro atoms. The van der Waals surface area contributed by atoms with E-state index >= 15 is 0 Å². The maximum Gasteiger partial charge on any atom is 0.273 e. The van der Waals surface area contributed by atoms with Gasteiger partial charge >= 0.3 is 0 Å². The minimum atomic E-state index is -1.31. The van der Waals surface area contributed by atoms with E-state index < -0.39 is 23.4 Å². The van der Waals surface area contributed by atoms with Crippen LogP contribution < -0.4 is 20.9 Å². The van der Waals surface area contributed by atoms with Gasteiger partial charge in [-0.25, -0.2) is 13.2 Å². The minimum Gasteiger partial charge on any atom is -0.489 e. The normalized spacial score (nSPS) is 12.3. The number of nitrogen functional groups attached to an aromatic ring is 1. The van der Waals surface area contributed by atoms with E-state index in [2.05, 4.69) is 10.4 Å². The standard InChI is InChI=1S/C25H19F3N4O2.C4H10O/c1-13-21(25(33)31-32-9-10-34-20-8-3-2-7-19(20)32)23(29)16-6-4-5-15(24(16)30-13)17-11-14(26)12-18(27)22(17)28;1-3-5-4-2/h2-8,11-12H,9-10H2,1H3,(H2,29,30)(H,31,33);3-4H2,1-2H3. The van der Waals surface area contributed by atoms with Crippen molar-refractivity contribution >= 4 is 28.2 Å². The lowest BCUT2D eigenvalue weighted by Crippen LogP contribution is -2.47. The van der Waals surface area contributed by atoms with E-state index in [9.17, 15) is 18.0 Å². The van der Waals surface area contributed by atoms with Crippen molar-refractivity contribution in [3.8, 4) is 16.9 Å². The Balaban J connectivity index is 0.000000648. The van der Waals surface area contributed by atoms with E-state index in [0.29, 0.717) is 36.0 Å². The topological polar surface area (TPSA) is 89.7 Å². The van der Waals surface area contributed by atoms with Crippen molar-refractivity contribution in [2.24, 2.45) is 0 Å². The fourth-order valence-electron chi connectivity index (χ4n) is 4.36. The van der Waals surface area contributed by atoms with Crippen molar-refractivity contribution < 1.29 is 27.4 Å². The molecule has 3 N–H and O–H groups in total. The maximum absolute atomic E-state index is 14.5. The molecule has 2 heterocycles. The van der Waals surface area contributed by atoms with Gasteiger partial charge in [0.2, 0.25) is 0 Å². The number of hydrazine groups is 1. The third kappa shape index (κ3) is 5.75. The second-order valence-corrected chi connectivity index (χ2v) is 8.63. The second-order valence-electron chi connectivity index (χ2n) is 8.63. The summed E-state index contributed by atoms with van der Waals surface area (Å²) >= 11 is 0. The van der Waals surface area contributed by atoms with Gasteiger partial charge in [0.1, 0.15) is 18.2 Å². The highest BCUT2D eigenvalue weighted by Gasteiger charge is 2.24. The van der Waals surface area contributed by atoms with E-state index in [1.54, 1.807) is 30.1 Å². The molecule has 1 aromatic heterocycles. The summed E-state index contributed by atoms with van der Waals surface area (Å²) in [6.45, 7) is 8.08. The number of benzene rings is 3. The molecule has 10 heteroatoms. The minimum absolute atomic E-state index is 0.126. The van der Waals surface area contributed by atoms with Crippen LogP contribution in [0.3, 0.4) is 0 Å². The van der Waals surface area contributed by atoms with Crippen LogP contribution in [0.2, 0.25) is 0 Å². The number of fused-ring (bicyclic) bond motifs is 2. The number of rotatable bonds is 5. The molecule has 1 aliphatic rings. The smallest absolute Gasteiger partial charge is 0.273 e. The molecule has 0 aliphatic carbocycles. The number of hydrogen-bond acceptors (Lipinski definition) is 6. The molecule has 4 aromatic rings. The van der Waals surface area contributed by atoms with Gasteiger partial charge in [-0.2, -0.15) is 0 Å². The van der Waals surface area contributed by atoms with E-state index in [1.165, 1.54) is 6.07 Å². The van der Waals surface area contributed by atoms with Crippen LogP contribution in [-0.2, 0) is 4.74 Å². The highest BCUT2D eigenvalue weighted by Crippen LogP contribution is 2.35. The molecule has 39 heavy (non-hydrogen) atoms. The Morgan fingerprint density at radius 2 is 1.82 bits per heavy atom. The first-order chi connectivity index (χ1) is 18.8. The summed E-state index contributed by atoms with van der Waals surface area (Å²) in [6.07, 6.45) is 0. The number of aryl methyl sites for hydroxylation is 1. The number of nitrogens with two attached hydrogens (primary N) is 1. The van der Waals surface area contributed by atoms with Gasteiger partial charge in [-0.15, -0.1) is 0 Å². The largest absolute Gasteiger partial charge is 0.489 e. The van der Waals surface area contributed by atoms with Gasteiger partial charge in [0, 0.05) is 35.8 Å². The molecule has 1 amide bonds. The first-order valence-corrected chi connectivity index (χ1v) is 12.5. The van der Waals surface area contributed by atoms with Crippen LogP contribution in [0.5, 0.6) is 5.75 Å². The Morgan fingerprint density at radius 1 is 1.08 bits per heavy atom. The van der Waals surface area contributed by atoms with Gasteiger partial charge in [-0.1, -0.05) is 30.3 Å². The van der Waals surface area contributed by atoms with Gasteiger partial charge in [-0.05, 0) is 39.0 Å². The average Bonchev–Trinajstić information content (AvgIpc) is 2.91. The maximum atomic E-state index is 14.5. The third-order valence-corrected chi connectivity index (χ3v) is 6.12. The number of aromatic nitrogens is 1. The van der Waals surface area contributed by atoms with Crippen molar-refractivity contribution in [2.75, 3.05) is 37.1 Å². The Hall–Kier alpha value is -4.31. The molecular weight excluding hydrogens is 509 g/mol. The molecule has 7 nitrogen and oxygen atoms in total. The van der Waals surface area contributed by atoms with Crippen LogP contribution in [0.4, 0.5) is 24.5 Å². The Kier molecular flexibility index (Phi) is 8.55. The van der Waals surface area contributed by atoms with Gasteiger partial charge < -0.3 is 15.2 Å². The van der Waals surface area contributed by atoms with Crippen LogP contribution in [0.1, 0.15) is 29.9 Å². The Bertz CT molecular complexity index is 1510. The van der Waals surface area contributed by atoms with Gasteiger partial charge in [-0.3, -0.25) is 20.2 Å². The van der Waals surface area contributed by atoms with E-state index in [0.717, 1.165) is 19.3 Å². The molecule has 0 saturated carbocycles. The fourth-order valence-corrected chi connectivity index (χ4v) is 4.36. The van der Waals surface area contributed by atoms with Crippen molar-refractivity contribution in [3.05, 3.63) is 83.3 Å². The van der Waals surface area contributed by atoms with Crippen molar-refractivity contribution in [2.45, 2.75) is 20.8 Å². The number of ether oxygens (including phenoxy) is 2. The van der Waals surface area contributed by atoms with Crippen LogP contribution in [0, 0.1) is 24.4 Å². The number of carbonyl (C=O) groups excluding carboxylic acids is 1. The first kappa shape index (κ1) is 27.7. The van der Waals surface area contributed by atoms with Crippen molar-refractivity contribution in [3.63, 3.8) is 0 Å². The fraction of sp³-hybridized carbons (Fsp3) is 0.241. The molecular formula is C29H29F3N4O3. The van der Waals surface area contributed by atoms with Crippen LogP contribution in [0.25, 0.3) is 22.0 Å². The summed E-state index contributed by atoms with van der Waals surface area (Å²) in [7, 11) is 0. The summed E-state index contributed by atoms with van der Waals surface area (Å²) in [6, 6.07) is 13.4. The number of hydrogen-bond donors (Lipinski definition) is 2. The summed E-state index contributed by atoms with van der Waals surface area (Å²) in [5.41, 5.74) is 10.6. The highest BCUT2D eigenvalue weighted by atomic mass is 19.2. The SMILES string of the molecule is CCOCC.Cc1nc2c(-c3cc(F)cc(F)c3F)cccc2c(N)c1C(=O)NN1CCOc2ccccc21. The summed E-state index contributed by atoms with van der Waals surface area (Å²) in [5.74, 6) is -3.26. The number of nitrogens with one attached hydrogen (secondary N) is 1. The number of carbonyl (C=O) groups is 1. The van der Waals surface area contributed by atoms with E-state index in [-0.39, 0.29) is 33.6 Å². The number of amides is 1. The zero-order chi connectivity index (χ0) is 28.1. The van der Waals surface area contributed by atoms with Gasteiger partial charge in [0.25, 0.3) is 5.91 Å².